The molecule has 110 valence electrons. The van der Waals surface area contributed by atoms with Gasteiger partial charge in [-0.25, -0.2) is 9.18 Å². The predicted octanol–water partition coefficient (Wildman–Crippen LogP) is 1.43. The summed E-state index contributed by atoms with van der Waals surface area (Å²) in [7, 11) is 0. The maximum Gasteiger partial charge on any atom is 0.338 e. The molecule has 5 N–H and O–H groups in total. The summed E-state index contributed by atoms with van der Waals surface area (Å²) in [6.45, 7) is 4.08. The van der Waals surface area contributed by atoms with Crippen molar-refractivity contribution in [1.29, 1.82) is 0 Å². The number of aromatic carboxylic acids is 1. The van der Waals surface area contributed by atoms with Gasteiger partial charge in [0.15, 0.2) is 0 Å². The number of rotatable bonds is 6. The van der Waals surface area contributed by atoms with Crippen LogP contribution in [-0.2, 0) is 4.79 Å². The van der Waals surface area contributed by atoms with Crippen molar-refractivity contribution in [2.75, 3.05) is 17.6 Å². The van der Waals surface area contributed by atoms with Crippen molar-refractivity contribution in [3.05, 3.63) is 23.5 Å². The van der Waals surface area contributed by atoms with Crippen molar-refractivity contribution >= 4 is 23.3 Å². The zero-order valence-electron chi connectivity index (χ0n) is 11.4. The van der Waals surface area contributed by atoms with Gasteiger partial charge in [0.1, 0.15) is 11.9 Å². The standard InChI is InChI=1S/C13H18FN3O3/c1-3-4-16-12(18)7(2)17-11-6-9(14)8(13(19)20)5-10(11)15/h5-7,17H,3-4,15H2,1-2H3,(H,16,18)(H,19,20). The molecule has 1 aromatic rings. The zero-order valence-corrected chi connectivity index (χ0v) is 11.4. The Labute approximate surface area is 116 Å². The van der Waals surface area contributed by atoms with E-state index in [1.54, 1.807) is 6.92 Å². The Morgan fingerprint density at radius 1 is 1.45 bits per heavy atom. The molecule has 0 heterocycles. The van der Waals surface area contributed by atoms with E-state index < -0.39 is 23.4 Å². The lowest BCUT2D eigenvalue weighted by molar-refractivity contribution is -0.121. The first-order valence-corrected chi connectivity index (χ1v) is 6.23. The fourth-order valence-electron chi connectivity index (χ4n) is 1.58. The first kappa shape index (κ1) is 15.7. The van der Waals surface area contributed by atoms with Gasteiger partial charge in [-0.1, -0.05) is 6.92 Å². The van der Waals surface area contributed by atoms with E-state index in [1.165, 1.54) is 0 Å². The fraction of sp³-hybridized carbons (Fsp3) is 0.385. The zero-order chi connectivity index (χ0) is 15.3. The topological polar surface area (TPSA) is 104 Å². The summed E-state index contributed by atoms with van der Waals surface area (Å²) in [6.07, 6.45) is 0.808. The number of carbonyl (C=O) groups excluding carboxylic acids is 1. The highest BCUT2D eigenvalue weighted by Crippen LogP contribution is 2.23. The smallest absolute Gasteiger partial charge is 0.338 e. The van der Waals surface area contributed by atoms with Crippen molar-refractivity contribution in [2.45, 2.75) is 26.3 Å². The second-order valence-corrected chi connectivity index (χ2v) is 4.38. The summed E-state index contributed by atoms with van der Waals surface area (Å²) in [5, 5.41) is 14.2. The van der Waals surface area contributed by atoms with Crippen molar-refractivity contribution in [3.63, 3.8) is 0 Å². The van der Waals surface area contributed by atoms with Gasteiger partial charge in [-0.15, -0.1) is 0 Å². The number of hydrogen-bond acceptors (Lipinski definition) is 4. The number of hydrogen-bond donors (Lipinski definition) is 4. The molecule has 1 aromatic carbocycles. The maximum absolute atomic E-state index is 13.6. The Balaban J connectivity index is 2.85. The summed E-state index contributed by atoms with van der Waals surface area (Å²) in [6, 6.07) is 1.39. The molecule has 20 heavy (non-hydrogen) atoms. The van der Waals surface area contributed by atoms with E-state index in [1.807, 2.05) is 6.92 Å². The molecule has 0 saturated heterocycles. The average molecular weight is 283 g/mol. The number of carboxylic acid groups (broad SMARTS) is 1. The van der Waals surface area contributed by atoms with Crippen LogP contribution in [0.4, 0.5) is 15.8 Å². The Morgan fingerprint density at radius 2 is 2.10 bits per heavy atom. The van der Waals surface area contributed by atoms with E-state index in [2.05, 4.69) is 10.6 Å². The number of nitrogen functional groups attached to an aromatic ring is 1. The molecule has 0 bridgehead atoms. The summed E-state index contributed by atoms with van der Waals surface area (Å²) >= 11 is 0. The third kappa shape index (κ3) is 3.84. The van der Waals surface area contributed by atoms with Crippen LogP contribution < -0.4 is 16.4 Å². The highest BCUT2D eigenvalue weighted by Gasteiger charge is 2.17. The first-order valence-electron chi connectivity index (χ1n) is 6.23. The number of amides is 1. The second-order valence-electron chi connectivity index (χ2n) is 4.38. The van der Waals surface area contributed by atoms with Crippen molar-refractivity contribution < 1.29 is 19.1 Å². The molecule has 0 spiro atoms. The first-order chi connectivity index (χ1) is 9.36. The van der Waals surface area contributed by atoms with Crippen LogP contribution in [0.2, 0.25) is 0 Å². The number of nitrogens with one attached hydrogen (secondary N) is 2. The Hall–Kier alpha value is -2.31. The SMILES string of the molecule is CCCNC(=O)C(C)Nc1cc(F)c(C(=O)O)cc1N. The molecule has 1 atom stereocenters. The Morgan fingerprint density at radius 3 is 2.65 bits per heavy atom. The van der Waals surface area contributed by atoms with Crippen LogP contribution >= 0.6 is 0 Å². The summed E-state index contributed by atoms with van der Waals surface area (Å²) in [5.74, 6) is -2.54. The minimum Gasteiger partial charge on any atom is -0.478 e. The molecule has 0 aliphatic carbocycles. The van der Waals surface area contributed by atoms with Gasteiger partial charge < -0.3 is 21.5 Å². The van der Waals surface area contributed by atoms with Gasteiger partial charge in [0.2, 0.25) is 5.91 Å². The van der Waals surface area contributed by atoms with Gasteiger partial charge in [0.25, 0.3) is 0 Å². The molecule has 1 rings (SSSR count). The number of halogens is 1. The number of carboxylic acids is 1. The van der Waals surface area contributed by atoms with Crippen LogP contribution in [-0.4, -0.2) is 29.6 Å². The molecular weight excluding hydrogens is 265 g/mol. The van der Waals surface area contributed by atoms with Crippen molar-refractivity contribution in [2.24, 2.45) is 0 Å². The largest absolute Gasteiger partial charge is 0.478 e. The van der Waals surface area contributed by atoms with Crippen LogP contribution in [0.3, 0.4) is 0 Å². The number of anilines is 2. The molecule has 1 unspecified atom stereocenters. The normalized spacial score (nSPS) is 11.8. The van der Waals surface area contributed by atoms with Gasteiger partial charge in [0.05, 0.1) is 16.9 Å². The molecule has 0 aliphatic rings. The molecular formula is C13H18FN3O3. The molecule has 0 saturated carbocycles. The van der Waals surface area contributed by atoms with Crippen LogP contribution in [0.25, 0.3) is 0 Å². The van der Waals surface area contributed by atoms with Gasteiger partial charge in [-0.2, -0.15) is 0 Å². The lowest BCUT2D eigenvalue weighted by atomic mass is 10.1. The molecule has 7 heteroatoms. The van der Waals surface area contributed by atoms with Gasteiger partial charge in [0, 0.05) is 6.54 Å². The van der Waals surface area contributed by atoms with E-state index in [-0.39, 0.29) is 17.3 Å². The molecule has 0 radical (unpaired) electrons. The lowest BCUT2D eigenvalue weighted by Crippen LogP contribution is -2.38. The van der Waals surface area contributed by atoms with E-state index in [0.717, 1.165) is 18.6 Å². The van der Waals surface area contributed by atoms with Crippen molar-refractivity contribution in [1.82, 2.24) is 5.32 Å². The summed E-state index contributed by atoms with van der Waals surface area (Å²) in [5.41, 5.74) is 5.40. The Bertz CT molecular complexity index is 520. The second kappa shape index (κ2) is 6.74. The van der Waals surface area contributed by atoms with Crippen LogP contribution in [0.15, 0.2) is 12.1 Å². The number of benzene rings is 1. The van der Waals surface area contributed by atoms with E-state index in [4.69, 9.17) is 10.8 Å². The molecule has 0 fully saturated rings. The maximum atomic E-state index is 13.6. The third-order valence-corrected chi connectivity index (χ3v) is 2.68. The third-order valence-electron chi connectivity index (χ3n) is 2.68. The van der Waals surface area contributed by atoms with Crippen molar-refractivity contribution in [3.8, 4) is 0 Å². The number of carbonyl (C=O) groups is 2. The van der Waals surface area contributed by atoms with E-state index in [0.29, 0.717) is 6.54 Å². The van der Waals surface area contributed by atoms with Crippen LogP contribution in [0.5, 0.6) is 0 Å². The fourth-order valence-corrected chi connectivity index (χ4v) is 1.58. The molecule has 6 nitrogen and oxygen atoms in total. The minimum atomic E-state index is -1.39. The monoisotopic (exact) mass is 283 g/mol. The molecule has 0 aliphatic heterocycles. The molecule has 1 amide bonds. The summed E-state index contributed by atoms with van der Waals surface area (Å²) in [4.78, 5) is 22.4. The van der Waals surface area contributed by atoms with Crippen LogP contribution in [0, 0.1) is 5.82 Å². The van der Waals surface area contributed by atoms with Gasteiger partial charge in [-0.3, -0.25) is 4.79 Å². The van der Waals surface area contributed by atoms with Gasteiger partial charge in [-0.05, 0) is 25.5 Å². The quantitative estimate of drug-likeness (QED) is 0.591. The predicted molar refractivity (Wildman–Crippen MR) is 74.2 cm³/mol. The van der Waals surface area contributed by atoms with E-state index in [9.17, 15) is 14.0 Å². The number of nitrogens with two attached hydrogens (primary N) is 1. The Kier molecular flexibility index (Phi) is 5.31. The highest BCUT2D eigenvalue weighted by molar-refractivity contribution is 5.91. The highest BCUT2D eigenvalue weighted by atomic mass is 19.1. The summed E-state index contributed by atoms with van der Waals surface area (Å²) < 4.78 is 13.6. The average Bonchev–Trinajstić information content (AvgIpc) is 2.39. The van der Waals surface area contributed by atoms with Gasteiger partial charge >= 0.3 is 5.97 Å². The molecule has 0 aromatic heterocycles. The minimum absolute atomic E-state index is 0.0685. The van der Waals surface area contributed by atoms with Crippen LogP contribution in [0.1, 0.15) is 30.6 Å². The van der Waals surface area contributed by atoms with E-state index >= 15 is 0 Å². The lowest BCUT2D eigenvalue weighted by Gasteiger charge is -2.17.